The molecule has 0 bridgehead atoms. The highest BCUT2D eigenvalue weighted by atomic mass is 32.1. The molecular formula is C24H24N4O3S. The number of hydrogen-bond donors (Lipinski definition) is 2. The predicted molar refractivity (Wildman–Crippen MR) is 126 cm³/mol. The van der Waals surface area contributed by atoms with Gasteiger partial charge in [0.25, 0.3) is 5.91 Å². The summed E-state index contributed by atoms with van der Waals surface area (Å²) in [6, 6.07) is 13.3. The smallest absolute Gasteiger partial charge is 0.258 e. The summed E-state index contributed by atoms with van der Waals surface area (Å²) < 4.78 is 5.38. The van der Waals surface area contributed by atoms with E-state index < -0.39 is 5.91 Å². The third kappa shape index (κ3) is 5.67. The second kappa shape index (κ2) is 10.3. The molecule has 2 amide bonds. The van der Waals surface area contributed by atoms with E-state index in [1.165, 1.54) is 23.0 Å². The zero-order valence-electron chi connectivity index (χ0n) is 17.5. The van der Waals surface area contributed by atoms with E-state index in [-0.39, 0.29) is 5.91 Å². The minimum absolute atomic E-state index is 0.232. The van der Waals surface area contributed by atoms with Crippen LogP contribution in [0.4, 0.5) is 5.69 Å². The number of pyridine rings is 1. The Bertz CT molecular complexity index is 1120. The normalized spacial score (nSPS) is 14.5. The molecule has 1 aromatic carbocycles. The molecule has 0 spiro atoms. The zero-order chi connectivity index (χ0) is 22.3. The first-order valence-electron chi connectivity index (χ1n) is 10.3. The molecule has 0 atom stereocenters. The lowest BCUT2D eigenvalue weighted by Gasteiger charge is -2.26. The maximum absolute atomic E-state index is 12.4. The van der Waals surface area contributed by atoms with Crippen LogP contribution < -0.4 is 11.1 Å². The van der Waals surface area contributed by atoms with Crippen LogP contribution in [0.2, 0.25) is 0 Å². The van der Waals surface area contributed by atoms with Gasteiger partial charge in [-0.05, 0) is 42.0 Å². The molecule has 3 aromatic rings. The van der Waals surface area contributed by atoms with Crippen LogP contribution >= 0.6 is 11.3 Å². The summed E-state index contributed by atoms with van der Waals surface area (Å²) in [6.07, 6.45) is 6.55. The van der Waals surface area contributed by atoms with Crippen molar-refractivity contribution in [3.05, 3.63) is 76.9 Å². The molecule has 32 heavy (non-hydrogen) atoms. The van der Waals surface area contributed by atoms with Gasteiger partial charge >= 0.3 is 0 Å². The lowest BCUT2D eigenvalue weighted by molar-refractivity contribution is -0.111. The van der Waals surface area contributed by atoms with Gasteiger partial charge in [-0.2, -0.15) is 0 Å². The van der Waals surface area contributed by atoms with Crippen molar-refractivity contribution in [1.82, 2.24) is 9.88 Å². The average Bonchev–Trinajstić information content (AvgIpc) is 3.31. The average molecular weight is 449 g/mol. The molecule has 0 unspecified atom stereocenters. The fourth-order valence-electron chi connectivity index (χ4n) is 3.44. The summed E-state index contributed by atoms with van der Waals surface area (Å²) in [5, 5.41) is 2.88. The Hall–Kier alpha value is -3.33. The van der Waals surface area contributed by atoms with Gasteiger partial charge in [-0.15, -0.1) is 11.3 Å². The van der Waals surface area contributed by atoms with Crippen molar-refractivity contribution in [2.24, 2.45) is 5.73 Å². The first kappa shape index (κ1) is 21.9. The summed E-state index contributed by atoms with van der Waals surface area (Å²) in [5.74, 6) is -0.688. The lowest BCUT2D eigenvalue weighted by Crippen LogP contribution is -2.35. The number of thiophene rings is 1. The molecule has 0 aliphatic carbocycles. The van der Waals surface area contributed by atoms with Gasteiger partial charge in [-0.3, -0.25) is 19.5 Å². The Labute approximate surface area is 190 Å². The molecular weight excluding hydrogens is 424 g/mol. The molecule has 4 rings (SSSR count). The first-order valence-corrected chi connectivity index (χ1v) is 11.1. The number of benzene rings is 1. The van der Waals surface area contributed by atoms with Crippen LogP contribution in [0.15, 0.2) is 60.9 Å². The number of aromatic nitrogens is 1. The molecule has 3 heterocycles. The maximum atomic E-state index is 12.4. The summed E-state index contributed by atoms with van der Waals surface area (Å²) in [6.45, 7) is 4.31. The largest absolute Gasteiger partial charge is 0.379 e. The van der Waals surface area contributed by atoms with Gasteiger partial charge in [0.1, 0.15) is 0 Å². The van der Waals surface area contributed by atoms with Crippen LogP contribution in [-0.2, 0) is 16.1 Å². The number of amides is 2. The third-order valence-corrected chi connectivity index (χ3v) is 6.24. The van der Waals surface area contributed by atoms with Crippen molar-refractivity contribution < 1.29 is 14.3 Å². The highest BCUT2D eigenvalue weighted by molar-refractivity contribution is 7.17. The lowest BCUT2D eigenvalue weighted by atomic mass is 10.1. The summed E-state index contributed by atoms with van der Waals surface area (Å²) >= 11 is 1.31. The number of morpholine rings is 1. The summed E-state index contributed by atoms with van der Waals surface area (Å²) in [7, 11) is 0. The third-order valence-electron chi connectivity index (χ3n) is 5.11. The van der Waals surface area contributed by atoms with Crippen molar-refractivity contribution in [2.45, 2.75) is 6.54 Å². The molecule has 7 nitrogen and oxygen atoms in total. The zero-order valence-corrected chi connectivity index (χ0v) is 18.3. The fourth-order valence-corrected chi connectivity index (χ4v) is 4.34. The molecule has 3 N–H and O–H groups in total. The van der Waals surface area contributed by atoms with Gasteiger partial charge in [0.05, 0.1) is 18.1 Å². The number of hydrogen-bond acceptors (Lipinski definition) is 6. The fraction of sp³-hybridized carbons (Fsp3) is 0.208. The predicted octanol–water partition coefficient (Wildman–Crippen LogP) is 3.39. The highest BCUT2D eigenvalue weighted by Gasteiger charge is 2.11. The molecule has 2 aromatic heterocycles. The van der Waals surface area contributed by atoms with E-state index in [1.807, 2.05) is 36.4 Å². The SMILES string of the molecule is NC(=O)c1ccc(-c2ccncc2/C=C/C(=O)Nc2ccc(CN3CCOCC3)cc2)s1. The van der Waals surface area contributed by atoms with Crippen LogP contribution in [0.25, 0.3) is 16.5 Å². The van der Waals surface area contributed by atoms with Gasteiger partial charge in [-0.25, -0.2) is 0 Å². The second-order valence-corrected chi connectivity index (χ2v) is 8.48. The van der Waals surface area contributed by atoms with E-state index in [2.05, 4.69) is 15.2 Å². The van der Waals surface area contributed by atoms with E-state index >= 15 is 0 Å². The Balaban J connectivity index is 1.39. The molecule has 164 valence electrons. The van der Waals surface area contributed by atoms with Crippen molar-refractivity contribution in [2.75, 3.05) is 31.6 Å². The van der Waals surface area contributed by atoms with Gasteiger partial charge in [0.15, 0.2) is 0 Å². The topological polar surface area (TPSA) is 97.6 Å². The van der Waals surface area contributed by atoms with E-state index in [0.29, 0.717) is 4.88 Å². The number of carbonyl (C=O) groups excluding carboxylic acids is 2. The molecule has 1 fully saturated rings. The molecule has 8 heteroatoms. The van der Waals surface area contributed by atoms with Crippen molar-refractivity contribution in [1.29, 1.82) is 0 Å². The molecule has 1 saturated heterocycles. The summed E-state index contributed by atoms with van der Waals surface area (Å²) in [5.41, 5.74) is 8.96. The van der Waals surface area contributed by atoms with Crippen LogP contribution in [-0.4, -0.2) is 48.0 Å². The number of nitrogens with two attached hydrogens (primary N) is 1. The minimum Gasteiger partial charge on any atom is -0.379 e. The summed E-state index contributed by atoms with van der Waals surface area (Å²) in [4.78, 5) is 31.7. The number of primary amides is 1. The quantitative estimate of drug-likeness (QED) is 0.540. The number of nitrogens with zero attached hydrogens (tertiary/aromatic N) is 2. The maximum Gasteiger partial charge on any atom is 0.258 e. The number of nitrogens with one attached hydrogen (secondary N) is 1. The Morgan fingerprint density at radius 3 is 2.62 bits per heavy atom. The Morgan fingerprint density at radius 2 is 1.91 bits per heavy atom. The van der Waals surface area contributed by atoms with E-state index in [0.717, 1.165) is 54.5 Å². The standard InChI is InChI=1S/C24H24N4O3S/c25-24(30)22-7-6-21(32-22)20-9-10-26-15-18(20)3-8-23(29)27-19-4-1-17(2-5-19)16-28-11-13-31-14-12-28/h1-10,15H,11-14,16H2,(H2,25,30)(H,27,29)/b8-3+. The number of rotatable bonds is 7. The number of ether oxygens (including phenoxy) is 1. The number of carbonyl (C=O) groups is 2. The van der Waals surface area contributed by atoms with Crippen LogP contribution in [0.5, 0.6) is 0 Å². The molecule has 1 aliphatic heterocycles. The van der Waals surface area contributed by atoms with Gasteiger partial charge in [-0.1, -0.05) is 12.1 Å². The van der Waals surface area contributed by atoms with E-state index in [4.69, 9.17) is 10.5 Å². The second-order valence-electron chi connectivity index (χ2n) is 7.40. The Morgan fingerprint density at radius 1 is 1.12 bits per heavy atom. The van der Waals surface area contributed by atoms with Crippen LogP contribution in [0.1, 0.15) is 20.8 Å². The Kier molecular flexibility index (Phi) is 7.06. The highest BCUT2D eigenvalue weighted by Crippen LogP contribution is 2.30. The first-order chi connectivity index (χ1) is 15.6. The van der Waals surface area contributed by atoms with Crippen molar-refractivity contribution in [3.63, 3.8) is 0 Å². The van der Waals surface area contributed by atoms with E-state index in [1.54, 1.807) is 24.5 Å². The van der Waals surface area contributed by atoms with Gasteiger partial charge < -0.3 is 15.8 Å². The molecule has 1 aliphatic rings. The minimum atomic E-state index is -0.456. The van der Waals surface area contributed by atoms with Crippen molar-refractivity contribution >= 4 is 34.9 Å². The van der Waals surface area contributed by atoms with Gasteiger partial charge in [0, 0.05) is 59.8 Å². The van der Waals surface area contributed by atoms with Crippen molar-refractivity contribution in [3.8, 4) is 10.4 Å². The van der Waals surface area contributed by atoms with Crippen LogP contribution in [0, 0.1) is 0 Å². The van der Waals surface area contributed by atoms with Crippen LogP contribution in [0.3, 0.4) is 0 Å². The molecule has 0 radical (unpaired) electrons. The van der Waals surface area contributed by atoms with E-state index in [9.17, 15) is 9.59 Å². The monoisotopic (exact) mass is 448 g/mol. The van der Waals surface area contributed by atoms with Gasteiger partial charge in [0.2, 0.25) is 5.91 Å². The molecule has 0 saturated carbocycles. The number of anilines is 1.